The molecule has 0 saturated heterocycles. The van der Waals surface area contributed by atoms with E-state index in [4.69, 9.17) is 4.42 Å². The number of hydrogen-bond acceptors (Lipinski definition) is 5. The molecule has 0 bridgehead atoms. The molecule has 1 amide bonds. The summed E-state index contributed by atoms with van der Waals surface area (Å²) < 4.78 is 45.7. The first-order valence-electron chi connectivity index (χ1n) is 9.27. The third-order valence-corrected chi connectivity index (χ3v) is 4.99. The normalized spacial score (nSPS) is 13.3. The van der Waals surface area contributed by atoms with Gasteiger partial charge in [-0.25, -0.2) is 4.39 Å². The van der Waals surface area contributed by atoms with E-state index in [0.717, 1.165) is 5.56 Å². The van der Waals surface area contributed by atoms with E-state index in [1.54, 1.807) is 42.2 Å². The molecule has 0 atom stereocenters. The molecular formula is C21H14F3N5O2. The van der Waals surface area contributed by atoms with E-state index in [1.165, 1.54) is 23.1 Å². The first-order chi connectivity index (χ1) is 14.9. The van der Waals surface area contributed by atoms with Crippen molar-refractivity contribution < 1.29 is 22.4 Å². The zero-order valence-electron chi connectivity index (χ0n) is 16.1. The second-order valence-corrected chi connectivity index (χ2v) is 7.06. The number of alkyl halides is 2. The van der Waals surface area contributed by atoms with Gasteiger partial charge in [-0.1, -0.05) is 18.2 Å². The Morgan fingerprint density at radius 1 is 1.06 bits per heavy atom. The molecule has 5 rings (SSSR count). The van der Waals surface area contributed by atoms with Gasteiger partial charge in [-0.15, -0.1) is 10.2 Å². The molecule has 4 aromatic rings. The van der Waals surface area contributed by atoms with Crippen molar-refractivity contribution in [2.75, 3.05) is 4.90 Å². The van der Waals surface area contributed by atoms with Crippen LogP contribution in [0.25, 0.3) is 22.6 Å². The van der Waals surface area contributed by atoms with E-state index in [2.05, 4.69) is 15.3 Å². The molecule has 31 heavy (non-hydrogen) atoms. The van der Waals surface area contributed by atoms with Crippen molar-refractivity contribution in [2.24, 2.45) is 7.05 Å². The molecule has 2 aromatic heterocycles. The minimum atomic E-state index is -2.88. The van der Waals surface area contributed by atoms with E-state index in [-0.39, 0.29) is 18.3 Å². The van der Waals surface area contributed by atoms with E-state index in [0.29, 0.717) is 28.1 Å². The predicted octanol–water partition coefficient (Wildman–Crippen LogP) is 4.37. The topological polar surface area (TPSA) is 77.0 Å². The number of rotatable bonds is 4. The van der Waals surface area contributed by atoms with Crippen LogP contribution < -0.4 is 4.90 Å². The lowest BCUT2D eigenvalue weighted by Gasteiger charge is -2.14. The molecule has 0 spiro atoms. The second-order valence-electron chi connectivity index (χ2n) is 7.06. The maximum absolute atomic E-state index is 13.7. The van der Waals surface area contributed by atoms with Gasteiger partial charge >= 0.3 is 6.43 Å². The molecule has 1 aliphatic heterocycles. The highest BCUT2D eigenvalue weighted by molar-refractivity contribution is 6.11. The molecule has 0 N–H and O–H groups in total. The summed E-state index contributed by atoms with van der Waals surface area (Å²) in [5.41, 5.74) is 2.68. The number of halogens is 3. The minimum Gasteiger partial charge on any atom is -0.415 e. The smallest absolute Gasteiger partial charge is 0.314 e. The summed E-state index contributed by atoms with van der Waals surface area (Å²) >= 11 is 0. The third kappa shape index (κ3) is 3.25. The van der Waals surface area contributed by atoms with Gasteiger partial charge in [0.25, 0.3) is 11.8 Å². The van der Waals surface area contributed by atoms with Gasteiger partial charge in [-0.2, -0.15) is 13.9 Å². The highest BCUT2D eigenvalue weighted by atomic mass is 19.3. The quantitative estimate of drug-likeness (QED) is 0.485. The summed E-state index contributed by atoms with van der Waals surface area (Å²) in [5.74, 6) is -1.19. The Hall–Kier alpha value is -3.95. The number of hydrogen-bond donors (Lipinski definition) is 0. The van der Waals surface area contributed by atoms with Crippen molar-refractivity contribution in [3.63, 3.8) is 0 Å². The predicted molar refractivity (Wildman–Crippen MR) is 104 cm³/mol. The number of benzene rings is 2. The Morgan fingerprint density at radius 3 is 2.65 bits per heavy atom. The summed E-state index contributed by atoms with van der Waals surface area (Å²) in [6.45, 7) is 0.264. The van der Waals surface area contributed by atoms with Crippen molar-refractivity contribution in [3.05, 3.63) is 71.5 Å². The Morgan fingerprint density at radius 2 is 1.90 bits per heavy atom. The fraction of sp³-hybridized carbons (Fsp3) is 0.143. The van der Waals surface area contributed by atoms with Crippen molar-refractivity contribution in [3.8, 4) is 22.6 Å². The summed E-state index contributed by atoms with van der Waals surface area (Å²) in [6, 6.07) is 10.9. The molecular weight excluding hydrogens is 411 g/mol. The van der Waals surface area contributed by atoms with Gasteiger partial charge in [0.1, 0.15) is 5.82 Å². The summed E-state index contributed by atoms with van der Waals surface area (Å²) in [6.07, 6.45) is -1.16. The molecule has 0 aliphatic carbocycles. The zero-order valence-corrected chi connectivity index (χ0v) is 16.1. The number of carbonyl (C=O) groups excluding carboxylic acids is 1. The average molecular weight is 425 g/mol. The van der Waals surface area contributed by atoms with Gasteiger partial charge < -0.3 is 4.42 Å². The number of aromatic nitrogens is 4. The van der Waals surface area contributed by atoms with Gasteiger partial charge in [0, 0.05) is 29.9 Å². The van der Waals surface area contributed by atoms with Crippen LogP contribution in [0.4, 0.5) is 19.0 Å². The minimum absolute atomic E-state index is 0.0948. The highest BCUT2D eigenvalue weighted by Crippen LogP contribution is 2.36. The lowest BCUT2D eigenvalue weighted by Crippen LogP contribution is -2.24. The van der Waals surface area contributed by atoms with Crippen LogP contribution >= 0.6 is 0 Å². The molecule has 2 aromatic carbocycles. The Bertz CT molecular complexity index is 1310. The average Bonchev–Trinajstić information content (AvgIpc) is 3.45. The van der Waals surface area contributed by atoms with Gasteiger partial charge in [-0.3, -0.25) is 14.4 Å². The zero-order chi connectivity index (χ0) is 21.7. The Labute approximate surface area is 173 Å². The van der Waals surface area contributed by atoms with E-state index in [9.17, 15) is 18.0 Å². The lowest BCUT2D eigenvalue weighted by molar-refractivity contribution is 0.0995. The molecule has 0 saturated carbocycles. The molecule has 10 heteroatoms. The number of anilines is 1. The van der Waals surface area contributed by atoms with E-state index < -0.39 is 18.1 Å². The molecule has 1 aliphatic rings. The van der Waals surface area contributed by atoms with Crippen molar-refractivity contribution in [1.82, 2.24) is 20.0 Å². The van der Waals surface area contributed by atoms with Crippen LogP contribution in [-0.4, -0.2) is 25.9 Å². The monoisotopic (exact) mass is 425 g/mol. The van der Waals surface area contributed by atoms with Gasteiger partial charge in [0.05, 0.1) is 6.54 Å². The SMILES string of the molecule is Cn1cc(-c2cccc(F)c2)c(N2Cc3ccc(-c4nnc(C(F)F)o4)cc3C2=O)n1. The standard InChI is InChI=1S/C21H14F3N5O2/c1-28-10-16(11-3-2-4-14(22)7-11)18(27-28)29-9-13-6-5-12(8-15(13)21(29)30)19-25-26-20(31-19)17(23)24/h2-8,10,17H,9H2,1H3. The van der Waals surface area contributed by atoms with Gasteiger partial charge in [0.15, 0.2) is 5.82 Å². The number of aryl methyl sites for hydroxylation is 1. The number of carbonyl (C=O) groups is 1. The molecule has 156 valence electrons. The van der Waals surface area contributed by atoms with Crippen molar-refractivity contribution >= 4 is 11.7 Å². The van der Waals surface area contributed by atoms with Crippen LogP contribution in [0.5, 0.6) is 0 Å². The Balaban J connectivity index is 1.51. The molecule has 0 radical (unpaired) electrons. The first-order valence-corrected chi connectivity index (χ1v) is 9.27. The van der Waals surface area contributed by atoms with Crippen LogP contribution in [0, 0.1) is 5.82 Å². The number of nitrogens with zero attached hydrogens (tertiary/aromatic N) is 5. The third-order valence-electron chi connectivity index (χ3n) is 4.99. The van der Waals surface area contributed by atoms with Crippen molar-refractivity contribution in [2.45, 2.75) is 13.0 Å². The number of amides is 1. The first kappa shape index (κ1) is 19.0. The van der Waals surface area contributed by atoms with Gasteiger partial charge in [0.2, 0.25) is 5.89 Å². The van der Waals surface area contributed by atoms with Crippen LogP contribution in [0.1, 0.15) is 28.2 Å². The summed E-state index contributed by atoms with van der Waals surface area (Å²) in [7, 11) is 1.72. The molecule has 7 nitrogen and oxygen atoms in total. The maximum Gasteiger partial charge on any atom is 0.314 e. The van der Waals surface area contributed by atoms with Crippen LogP contribution in [-0.2, 0) is 13.6 Å². The van der Waals surface area contributed by atoms with E-state index in [1.807, 2.05) is 0 Å². The molecule has 0 unspecified atom stereocenters. The lowest BCUT2D eigenvalue weighted by atomic mass is 10.1. The van der Waals surface area contributed by atoms with Crippen molar-refractivity contribution in [1.29, 1.82) is 0 Å². The number of fused-ring (bicyclic) bond motifs is 1. The van der Waals surface area contributed by atoms with Crippen LogP contribution in [0.2, 0.25) is 0 Å². The maximum atomic E-state index is 13.7. The fourth-order valence-electron chi connectivity index (χ4n) is 3.58. The second kappa shape index (κ2) is 7.08. The largest absolute Gasteiger partial charge is 0.415 e. The summed E-state index contributed by atoms with van der Waals surface area (Å²) in [5, 5.41) is 11.4. The molecule has 0 fully saturated rings. The van der Waals surface area contributed by atoms with Crippen LogP contribution in [0.3, 0.4) is 0 Å². The molecule has 3 heterocycles. The van der Waals surface area contributed by atoms with E-state index >= 15 is 0 Å². The van der Waals surface area contributed by atoms with Gasteiger partial charge in [-0.05, 0) is 35.4 Å². The summed E-state index contributed by atoms with van der Waals surface area (Å²) in [4.78, 5) is 14.7. The fourth-order valence-corrected chi connectivity index (χ4v) is 3.58. The van der Waals surface area contributed by atoms with Crippen LogP contribution in [0.15, 0.2) is 53.1 Å². The Kier molecular flexibility index (Phi) is 4.35. The highest BCUT2D eigenvalue weighted by Gasteiger charge is 2.33.